The van der Waals surface area contributed by atoms with Gasteiger partial charge < -0.3 is 34.7 Å². The molecule has 0 aromatic heterocycles. The number of hydrogen-bond acceptors (Lipinski definition) is 12. The summed E-state index contributed by atoms with van der Waals surface area (Å²) in [5.41, 5.74) is 6.31. The monoisotopic (exact) mass is 577 g/mol. The first-order chi connectivity index (χ1) is 18.9. The lowest BCUT2D eigenvalue weighted by molar-refractivity contribution is -0.173. The van der Waals surface area contributed by atoms with Gasteiger partial charge in [-0.15, -0.1) is 11.8 Å². The minimum Gasteiger partial charge on any atom is -0.461 e. The van der Waals surface area contributed by atoms with Crippen LogP contribution in [0.4, 0.5) is 0 Å². The van der Waals surface area contributed by atoms with Crippen molar-refractivity contribution in [3.05, 3.63) is 35.0 Å². The number of hydrogen-bond donors (Lipinski definition) is 2. The minimum atomic E-state index is -0.951. The number of amides is 2. The van der Waals surface area contributed by atoms with Gasteiger partial charge in [0, 0.05) is 18.2 Å². The number of nitrogens with one attached hydrogen (secondary N) is 1. The molecular formula is C26H31N3O10S. The van der Waals surface area contributed by atoms with E-state index in [4.69, 9.17) is 29.4 Å². The maximum absolute atomic E-state index is 13.1. The van der Waals surface area contributed by atoms with Gasteiger partial charge in [0.15, 0.2) is 11.5 Å². The molecule has 0 aliphatic carbocycles. The molecule has 0 radical (unpaired) electrons. The van der Waals surface area contributed by atoms with Gasteiger partial charge >= 0.3 is 17.9 Å². The fraction of sp³-hybridized carbons (Fsp3) is 0.500. The van der Waals surface area contributed by atoms with Gasteiger partial charge in [0.05, 0.1) is 11.5 Å². The van der Waals surface area contributed by atoms with Crippen LogP contribution >= 0.6 is 11.8 Å². The highest BCUT2D eigenvalue weighted by Gasteiger charge is 2.54. The lowest BCUT2D eigenvalue weighted by atomic mass is 9.98. The van der Waals surface area contributed by atoms with Crippen LogP contribution in [0.1, 0.15) is 33.3 Å². The Morgan fingerprint density at radius 1 is 1.15 bits per heavy atom. The molecule has 13 nitrogen and oxygen atoms in total. The fourth-order valence-corrected chi connectivity index (χ4v) is 5.40. The average molecular weight is 578 g/mol. The van der Waals surface area contributed by atoms with Crippen LogP contribution in [-0.2, 0) is 44.6 Å². The van der Waals surface area contributed by atoms with Gasteiger partial charge in [-0.1, -0.05) is 6.07 Å². The van der Waals surface area contributed by atoms with Gasteiger partial charge in [-0.2, -0.15) is 0 Å². The average Bonchev–Trinajstić information content (AvgIpc) is 3.36. The van der Waals surface area contributed by atoms with E-state index in [9.17, 15) is 24.0 Å². The van der Waals surface area contributed by atoms with Crippen molar-refractivity contribution in [2.45, 2.75) is 51.6 Å². The number of carbonyl (C=O) groups is 5. The van der Waals surface area contributed by atoms with Crippen molar-refractivity contribution in [1.82, 2.24) is 10.2 Å². The van der Waals surface area contributed by atoms with Crippen molar-refractivity contribution in [3.8, 4) is 11.5 Å². The number of rotatable bonds is 9. The summed E-state index contributed by atoms with van der Waals surface area (Å²) in [6, 6.07) is 3.37. The van der Waals surface area contributed by atoms with Crippen molar-refractivity contribution in [2.24, 2.45) is 11.1 Å². The molecule has 14 heteroatoms. The Hall–Kier alpha value is -3.78. The Morgan fingerprint density at radius 2 is 1.88 bits per heavy atom. The molecule has 3 heterocycles. The van der Waals surface area contributed by atoms with E-state index >= 15 is 0 Å². The molecule has 3 aliphatic heterocycles. The normalized spacial score (nSPS) is 20.2. The van der Waals surface area contributed by atoms with Crippen molar-refractivity contribution in [2.75, 3.05) is 25.9 Å². The summed E-state index contributed by atoms with van der Waals surface area (Å²) in [7, 11) is 0. The summed E-state index contributed by atoms with van der Waals surface area (Å²) in [6.07, 6.45) is 0.197. The van der Waals surface area contributed by atoms with E-state index in [2.05, 4.69) is 5.32 Å². The Balaban J connectivity index is 1.41. The second-order valence-corrected chi connectivity index (χ2v) is 11.5. The van der Waals surface area contributed by atoms with Crippen LogP contribution in [-0.4, -0.2) is 78.0 Å². The van der Waals surface area contributed by atoms with Crippen molar-refractivity contribution in [3.63, 3.8) is 0 Å². The smallest absolute Gasteiger partial charge is 0.358 e. The summed E-state index contributed by atoms with van der Waals surface area (Å²) in [6.45, 7) is 5.39. The first-order valence-corrected chi connectivity index (χ1v) is 13.5. The van der Waals surface area contributed by atoms with Crippen molar-refractivity contribution >= 4 is 41.5 Å². The van der Waals surface area contributed by atoms with Gasteiger partial charge in [-0.3, -0.25) is 24.1 Å². The molecule has 1 saturated heterocycles. The Kier molecular flexibility index (Phi) is 8.59. The van der Waals surface area contributed by atoms with Crippen LogP contribution in [0.25, 0.3) is 0 Å². The molecule has 3 aliphatic rings. The Morgan fingerprint density at radius 3 is 2.58 bits per heavy atom. The van der Waals surface area contributed by atoms with Crippen LogP contribution in [0.15, 0.2) is 29.5 Å². The zero-order chi connectivity index (χ0) is 29.2. The number of ether oxygens (including phenoxy) is 5. The third kappa shape index (κ3) is 6.33. The van der Waals surface area contributed by atoms with Crippen LogP contribution in [0.5, 0.6) is 11.5 Å². The molecule has 1 aromatic carbocycles. The molecule has 1 aromatic rings. The number of nitrogens with two attached hydrogens (primary N) is 1. The quantitative estimate of drug-likeness (QED) is 0.238. The molecule has 216 valence electrons. The van der Waals surface area contributed by atoms with E-state index < -0.39 is 59.4 Å². The molecule has 3 N–H and O–H groups in total. The predicted octanol–water partition coefficient (Wildman–Crippen LogP) is 0.592. The third-order valence-corrected chi connectivity index (χ3v) is 7.55. The lowest BCUT2D eigenvalue weighted by Gasteiger charge is -2.49. The highest BCUT2D eigenvalue weighted by Crippen LogP contribution is 2.41. The third-order valence-electron chi connectivity index (χ3n) is 6.21. The van der Waals surface area contributed by atoms with Crippen LogP contribution < -0.4 is 20.5 Å². The molecule has 1 unspecified atom stereocenters. The predicted molar refractivity (Wildman–Crippen MR) is 139 cm³/mol. The maximum Gasteiger partial charge on any atom is 0.358 e. The Labute approximate surface area is 234 Å². The standard InChI is InChI=1S/C26H31N3O10S/c1-13(30)35-9-15-10-40-23-19(22(32)29(23)20(15)24(33)38-12-39-25(34)26(2,3)4)28-21(31)16(27)7-14-5-6-17-18(8-14)37-11-36-17/h5-6,8,16,19,23H,7,9-12,27H2,1-4H3,(H,28,31)/t16?,19-,23-/m1/s1. The molecule has 2 amide bonds. The molecule has 4 rings (SSSR count). The summed E-state index contributed by atoms with van der Waals surface area (Å²) in [5.74, 6) is -1.76. The SMILES string of the molecule is CC(=O)OCC1=C(C(=O)OCOC(=O)C(C)(C)C)N2C(=O)[C@@H](NC(=O)C(N)Cc3ccc4c(c3)OCO4)[C@H]2SC1. The molecule has 40 heavy (non-hydrogen) atoms. The minimum absolute atomic E-state index is 0.114. The number of thioether (sulfide) groups is 1. The highest BCUT2D eigenvalue weighted by molar-refractivity contribution is 8.00. The summed E-state index contributed by atoms with van der Waals surface area (Å²) < 4.78 is 25.8. The summed E-state index contributed by atoms with van der Waals surface area (Å²) in [5, 5.41) is 2.06. The van der Waals surface area contributed by atoms with Gasteiger partial charge in [-0.25, -0.2) is 4.79 Å². The lowest BCUT2D eigenvalue weighted by Crippen LogP contribution is -2.71. The number of benzene rings is 1. The number of esters is 3. The largest absolute Gasteiger partial charge is 0.461 e. The number of nitrogens with zero attached hydrogens (tertiary/aromatic N) is 1. The second-order valence-electron chi connectivity index (χ2n) is 10.4. The summed E-state index contributed by atoms with van der Waals surface area (Å²) >= 11 is 1.29. The fourth-order valence-electron chi connectivity index (χ4n) is 4.07. The van der Waals surface area contributed by atoms with Gasteiger partial charge in [0.25, 0.3) is 5.91 Å². The van der Waals surface area contributed by atoms with E-state index in [-0.39, 0.29) is 31.3 Å². The van der Waals surface area contributed by atoms with Crippen molar-refractivity contribution < 1.29 is 47.7 Å². The molecular weight excluding hydrogens is 546 g/mol. The molecule has 0 spiro atoms. The zero-order valence-corrected chi connectivity index (χ0v) is 23.3. The zero-order valence-electron chi connectivity index (χ0n) is 22.5. The number of β-lactam (4-membered cyclic amide) rings is 1. The van der Waals surface area contributed by atoms with E-state index in [0.717, 1.165) is 5.56 Å². The molecule has 0 saturated carbocycles. The maximum atomic E-state index is 13.1. The van der Waals surface area contributed by atoms with E-state index in [1.165, 1.54) is 23.6 Å². The van der Waals surface area contributed by atoms with Crippen LogP contribution in [0.3, 0.4) is 0 Å². The van der Waals surface area contributed by atoms with E-state index in [1.54, 1.807) is 39.0 Å². The van der Waals surface area contributed by atoms with Gasteiger partial charge in [0.1, 0.15) is 23.7 Å². The van der Waals surface area contributed by atoms with Crippen LogP contribution in [0, 0.1) is 5.41 Å². The van der Waals surface area contributed by atoms with E-state index in [0.29, 0.717) is 17.1 Å². The first kappa shape index (κ1) is 29.2. The summed E-state index contributed by atoms with van der Waals surface area (Å²) in [4.78, 5) is 63.6. The molecule has 3 atom stereocenters. The van der Waals surface area contributed by atoms with Crippen LogP contribution in [0.2, 0.25) is 0 Å². The van der Waals surface area contributed by atoms with Crippen molar-refractivity contribution in [1.29, 1.82) is 0 Å². The highest BCUT2D eigenvalue weighted by atomic mass is 32.2. The van der Waals surface area contributed by atoms with Gasteiger partial charge in [0.2, 0.25) is 19.5 Å². The topological polar surface area (TPSA) is 173 Å². The second kappa shape index (κ2) is 11.8. The molecule has 0 bridgehead atoms. The van der Waals surface area contributed by atoms with E-state index in [1.807, 2.05) is 0 Å². The first-order valence-electron chi connectivity index (χ1n) is 12.5. The molecule has 1 fully saturated rings. The number of carbonyl (C=O) groups excluding carboxylic acids is 5. The Bertz CT molecular complexity index is 1260. The number of fused-ring (bicyclic) bond motifs is 2. The van der Waals surface area contributed by atoms with Gasteiger partial charge in [-0.05, 0) is 44.9 Å².